The molecule has 3 nitrogen and oxygen atoms in total. The number of likely N-dealkylation sites (tertiary alicyclic amines) is 1. The smallest absolute Gasteiger partial charge is 0.174 e. The van der Waals surface area contributed by atoms with Crippen LogP contribution in [0.25, 0.3) is 0 Å². The van der Waals surface area contributed by atoms with E-state index in [1.165, 1.54) is 0 Å². The van der Waals surface area contributed by atoms with Crippen LogP contribution in [0.1, 0.15) is 13.3 Å². The summed E-state index contributed by atoms with van der Waals surface area (Å²) in [5.74, 6) is 0.218. The highest BCUT2D eigenvalue weighted by Gasteiger charge is 2.29. The van der Waals surface area contributed by atoms with Gasteiger partial charge in [0.15, 0.2) is 5.78 Å². The molecule has 12 heavy (non-hydrogen) atoms. The predicted molar refractivity (Wildman–Crippen MR) is 48.9 cm³/mol. The maximum absolute atomic E-state index is 11.4. The van der Waals surface area contributed by atoms with Crippen LogP contribution >= 0.6 is 0 Å². The van der Waals surface area contributed by atoms with Crippen LogP contribution in [-0.4, -0.2) is 37.4 Å². The second-order valence-corrected chi connectivity index (χ2v) is 3.26. The van der Waals surface area contributed by atoms with E-state index in [0.717, 1.165) is 18.7 Å². The molecule has 1 N–H and O–H groups in total. The van der Waals surface area contributed by atoms with Gasteiger partial charge in [-0.3, -0.25) is 9.69 Å². The summed E-state index contributed by atoms with van der Waals surface area (Å²) in [6.07, 6.45) is 2.68. The summed E-state index contributed by atoms with van der Waals surface area (Å²) in [4.78, 5) is 13.5. The minimum absolute atomic E-state index is 0.133. The SMILES string of the molecule is CN/C(C)=C\C(=O)C1CCN1C. The molecule has 0 aromatic rings. The molecule has 1 unspecified atom stereocenters. The highest BCUT2D eigenvalue weighted by atomic mass is 16.1. The Labute approximate surface area is 73.4 Å². The maximum Gasteiger partial charge on any atom is 0.174 e. The van der Waals surface area contributed by atoms with Gasteiger partial charge in [0.1, 0.15) is 0 Å². The summed E-state index contributed by atoms with van der Waals surface area (Å²) >= 11 is 0. The molecule has 0 aliphatic carbocycles. The molecule has 1 atom stereocenters. The van der Waals surface area contributed by atoms with Gasteiger partial charge in [0.05, 0.1) is 6.04 Å². The fourth-order valence-corrected chi connectivity index (χ4v) is 1.26. The van der Waals surface area contributed by atoms with Gasteiger partial charge in [-0.2, -0.15) is 0 Å². The Balaban J connectivity index is 2.48. The number of ketones is 1. The summed E-state index contributed by atoms with van der Waals surface area (Å²) < 4.78 is 0. The standard InChI is InChI=1S/C9H16N2O/c1-7(10-2)6-9(12)8-4-5-11(8)3/h6,8,10H,4-5H2,1-3H3/b7-6-. The van der Waals surface area contributed by atoms with Crippen LogP contribution in [-0.2, 0) is 4.79 Å². The third-order valence-corrected chi connectivity index (χ3v) is 2.37. The fourth-order valence-electron chi connectivity index (χ4n) is 1.26. The Hall–Kier alpha value is -0.830. The van der Waals surface area contributed by atoms with E-state index in [2.05, 4.69) is 10.2 Å². The molecule has 1 heterocycles. The third-order valence-electron chi connectivity index (χ3n) is 2.37. The van der Waals surface area contributed by atoms with Crippen molar-refractivity contribution in [1.29, 1.82) is 0 Å². The molecule has 0 spiro atoms. The van der Waals surface area contributed by atoms with E-state index in [-0.39, 0.29) is 11.8 Å². The lowest BCUT2D eigenvalue weighted by Gasteiger charge is -2.35. The van der Waals surface area contributed by atoms with E-state index in [0.29, 0.717) is 0 Å². The Bertz CT molecular complexity index is 211. The van der Waals surface area contributed by atoms with Gasteiger partial charge in [0, 0.05) is 25.4 Å². The van der Waals surface area contributed by atoms with E-state index in [4.69, 9.17) is 0 Å². The second-order valence-electron chi connectivity index (χ2n) is 3.26. The molecule has 3 heteroatoms. The van der Waals surface area contributed by atoms with Crippen molar-refractivity contribution >= 4 is 5.78 Å². The monoisotopic (exact) mass is 168 g/mol. The minimum atomic E-state index is 0.133. The highest BCUT2D eigenvalue weighted by molar-refractivity contribution is 5.95. The first-order valence-corrected chi connectivity index (χ1v) is 4.25. The number of allylic oxidation sites excluding steroid dienone is 1. The van der Waals surface area contributed by atoms with Crippen molar-refractivity contribution < 1.29 is 4.79 Å². The number of hydrogen-bond acceptors (Lipinski definition) is 3. The first-order chi connectivity index (χ1) is 5.65. The van der Waals surface area contributed by atoms with Crippen LogP contribution in [0.3, 0.4) is 0 Å². The summed E-state index contributed by atoms with van der Waals surface area (Å²) in [5.41, 5.74) is 0.931. The van der Waals surface area contributed by atoms with Gasteiger partial charge in [-0.1, -0.05) is 0 Å². The van der Waals surface area contributed by atoms with E-state index < -0.39 is 0 Å². The van der Waals surface area contributed by atoms with Crippen molar-refractivity contribution in [3.63, 3.8) is 0 Å². The number of nitrogens with one attached hydrogen (secondary N) is 1. The summed E-state index contributed by atoms with van der Waals surface area (Å²) in [6, 6.07) is 0.133. The van der Waals surface area contributed by atoms with Crippen molar-refractivity contribution in [1.82, 2.24) is 10.2 Å². The van der Waals surface area contributed by atoms with Crippen molar-refractivity contribution in [3.05, 3.63) is 11.8 Å². The zero-order valence-corrected chi connectivity index (χ0v) is 7.92. The Morgan fingerprint density at radius 2 is 2.33 bits per heavy atom. The van der Waals surface area contributed by atoms with Crippen molar-refractivity contribution in [3.8, 4) is 0 Å². The number of carbonyl (C=O) groups is 1. The maximum atomic E-state index is 11.4. The normalized spacial score (nSPS) is 24.9. The quantitative estimate of drug-likeness (QED) is 0.618. The molecular formula is C9H16N2O. The number of rotatable bonds is 3. The lowest BCUT2D eigenvalue weighted by Crippen LogP contribution is -2.49. The van der Waals surface area contributed by atoms with Gasteiger partial charge in [-0.15, -0.1) is 0 Å². The van der Waals surface area contributed by atoms with Gasteiger partial charge in [0.2, 0.25) is 0 Å². The molecule has 0 aromatic heterocycles. The van der Waals surface area contributed by atoms with E-state index >= 15 is 0 Å². The Morgan fingerprint density at radius 3 is 2.67 bits per heavy atom. The zero-order valence-electron chi connectivity index (χ0n) is 7.92. The molecule has 1 rings (SSSR count). The average molecular weight is 168 g/mol. The number of hydrogen-bond donors (Lipinski definition) is 1. The first-order valence-electron chi connectivity index (χ1n) is 4.25. The highest BCUT2D eigenvalue weighted by Crippen LogP contribution is 2.15. The molecule has 0 bridgehead atoms. The van der Waals surface area contributed by atoms with Gasteiger partial charge < -0.3 is 5.32 Å². The Kier molecular flexibility index (Phi) is 2.87. The van der Waals surface area contributed by atoms with Crippen molar-refractivity contribution in [2.45, 2.75) is 19.4 Å². The summed E-state index contributed by atoms with van der Waals surface area (Å²) in [5, 5.41) is 2.94. The molecule has 0 amide bonds. The van der Waals surface area contributed by atoms with Gasteiger partial charge >= 0.3 is 0 Å². The molecule has 1 aliphatic rings. The van der Waals surface area contributed by atoms with Gasteiger partial charge in [-0.05, 0) is 20.4 Å². The van der Waals surface area contributed by atoms with Crippen LogP contribution in [0.4, 0.5) is 0 Å². The fraction of sp³-hybridized carbons (Fsp3) is 0.667. The largest absolute Gasteiger partial charge is 0.392 e. The topological polar surface area (TPSA) is 32.3 Å². The lowest BCUT2D eigenvalue weighted by atomic mass is 9.99. The molecule has 1 aliphatic heterocycles. The second kappa shape index (κ2) is 3.72. The van der Waals surface area contributed by atoms with Crippen LogP contribution in [0, 0.1) is 0 Å². The lowest BCUT2D eigenvalue weighted by molar-refractivity contribution is -0.122. The van der Waals surface area contributed by atoms with Crippen LogP contribution in [0.15, 0.2) is 11.8 Å². The van der Waals surface area contributed by atoms with Crippen LogP contribution in [0.5, 0.6) is 0 Å². The number of nitrogens with zero attached hydrogens (tertiary/aromatic N) is 1. The number of carbonyl (C=O) groups excluding carboxylic acids is 1. The van der Waals surface area contributed by atoms with Crippen molar-refractivity contribution in [2.75, 3.05) is 20.6 Å². The average Bonchev–Trinajstić information content (AvgIpc) is 2.01. The molecular weight excluding hydrogens is 152 g/mol. The minimum Gasteiger partial charge on any atom is -0.392 e. The Morgan fingerprint density at radius 1 is 1.67 bits per heavy atom. The molecule has 1 fully saturated rings. The van der Waals surface area contributed by atoms with Gasteiger partial charge in [0.25, 0.3) is 0 Å². The van der Waals surface area contributed by atoms with Crippen molar-refractivity contribution in [2.24, 2.45) is 0 Å². The molecule has 68 valence electrons. The van der Waals surface area contributed by atoms with Gasteiger partial charge in [-0.25, -0.2) is 0 Å². The third kappa shape index (κ3) is 1.85. The van der Waals surface area contributed by atoms with E-state index in [1.54, 1.807) is 6.08 Å². The predicted octanol–water partition coefficient (Wildman–Crippen LogP) is 0.383. The first kappa shape index (κ1) is 9.26. The summed E-state index contributed by atoms with van der Waals surface area (Å²) in [6.45, 7) is 2.94. The number of likely N-dealkylation sites (N-methyl/N-ethyl adjacent to an activating group) is 1. The van der Waals surface area contributed by atoms with E-state index in [1.807, 2.05) is 21.0 Å². The zero-order chi connectivity index (χ0) is 9.14. The van der Waals surface area contributed by atoms with Crippen LogP contribution < -0.4 is 5.32 Å². The molecule has 0 aromatic carbocycles. The molecule has 1 saturated heterocycles. The molecule has 0 saturated carbocycles. The summed E-state index contributed by atoms with van der Waals surface area (Å²) in [7, 11) is 3.80. The van der Waals surface area contributed by atoms with Crippen LogP contribution in [0.2, 0.25) is 0 Å². The van der Waals surface area contributed by atoms with E-state index in [9.17, 15) is 4.79 Å². The molecule has 0 radical (unpaired) electrons.